The molecular weight excluding hydrogens is 1010 g/mol. The molecule has 6 aromatic rings. The zero-order valence-electron chi connectivity index (χ0n) is 47.7. The molecule has 14 heteroatoms. The number of halogens is 2. The van der Waals surface area contributed by atoms with Gasteiger partial charge in [0.05, 0.1) is 38.8 Å². The van der Waals surface area contributed by atoms with E-state index in [1.54, 1.807) is 12.1 Å². The molecule has 2 aromatic heterocycles. The molecule has 78 heavy (non-hydrogen) atoms. The number of aromatic nitrogens is 2. The normalized spacial score (nSPS) is 15.8. The highest BCUT2D eigenvalue weighted by Gasteiger charge is 2.40. The van der Waals surface area contributed by atoms with E-state index in [-0.39, 0.29) is 48.2 Å². The molecule has 4 unspecified atom stereocenters. The van der Waals surface area contributed by atoms with Crippen LogP contribution in [-0.2, 0) is 39.9 Å². The van der Waals surface area contributed by atoms with E-state index < -0.39 is 19.9 Å². The van der Waals surface area contributed by atoms with Crippen molar-refractivity contribution in [1.82, 2.24) is 19.8 Å². The molecule has 0 bridgehead atoms. The average molecular weight is 1090 g/mol. The topological polar surface area (TPSA) is 105 Å². The van der Waals surface area contributed by atoms with Gasteiger partial charge in [0, 0.05) is 72.4 Å². The van der Waals surface area contributed by atoms with Gasteiger partial charge in [-0.15, -0.1) is 0 Å². The number of hydrogen-bond acceptors (Lipinski definition) is 11. The third-order valence-corrected chi connectivity index (χ3v) is 16.6. The van der Waals surface area contributed by atoms with E-state index in [1.165, 1.54) is 26.6 Å². The maximum Gasteiger partial charge on any atom is 0.319 e. The highest BCUT2D eigenvalue weighted by Crippen LogP contribution is 2.51. The van der Waals surface area contributed by atoms with E-state index in [1.807, 2.05) is 62.4 Å². The van der Waals surface area contributed by atoms with Gasteiger partial charge in [0.2, 0.25) is 11.8 Å². The lowest BCUT2D eigenvalue weighted by Gasteiger charge is -2.31. The van der Waals surface area contributed by atoms with Crippen molar-refractivity contribution in [2.45, 2.75) is 169 Å². The van der Waals surface area contributed by atoms with Crippen LogP contribution in [0.4, 0.5) is 8.78 Å². The molecule has 0 N–H and O–H groups in total. The molecule has 2 fully saturated rings. The summed E-state index contributed by atoms with van der Waals surface area (Å²) >= 11 is 0. The Morgan fingerprint density at radius 3 is 1.26 bits per heavy atom. The van der Waals surface area contributed by atoms with Gasteiger partial charge in [-0.25, -0.2) is 18.7 Å². The minimum absolute atomic E-state index is 0.00241. The van der Waals surface area contributed by atoms with Crippen LogP contribution in [0.25, 0.3) is 22.3 Å². The van der Waals surface area contributed by atoms with Crippen molar-refractivity contribution in [2.24, 2.45) is 11.8 Å². The lowest BCUT2D eigenvalue weighted by molar-refractivity contribution is 0.110. The fraction of sp³-hybridized carbons (Fsp3) is 0.469. The van der Waals surface area contributed by atoms with Crippen molar-refractivity contribution in [2.75, 3.05) is 14.2 Å². The fourth-order valence-electron chi connectivity index (χ4n) is 11.3. The van der Waals surface area contributed by atoms with Gasteiger partial charge in [0.1, 0.15) is 36.3 Å². The average Bonchev–Trinajstić information content (AvgIpc) is 4.40. The second-order valence-electron chi connectivity index (χ2n) is 22.5. The first kappa shape index (κ1) is 58.5. The van der Waals surface area contributed by atoms with Gasteiger partial charge in [0.15, 0.2) is 0 Å². The van der Waals surface area contributed by atoms with Gasteiger partial charge in [0.25, 0.3) is 0 Å². The molecule has 2 aliphatic rings. The Morgan fingerprint density at radius 1 is 0.526 bits per heavy atom. The second kappa shape index (κ2) is 26.5. The van der Waals surface area contributed by atoms with Crippen molar-refractivity contribution in [3.05, 3.63) is 154 Å². The number of nitrogens with zero attached hydrogens (tertiary/aromatic N) is 4. The van der Waals surface area contributed by atoms with Crippen molar-refractivity contribution >= 4 is 8.25 Å². The summed E-state index contributed by atoms with van der Waals surface area (Å²) in [5.41, 5.74) is 8.51. The zero-order valence-corrected chi connectivity index (χ0v) is 48.7. The van der Waals surface area contributed by atoms with Crippen molar-refractivity contribution in [3.63, 3.8) is 0 Å². The van der Waals surface area contributed by atoms with Gasteiger partial charge < -0.3 is 28.0 Å². The first-order chi connectivity index (χ1) is 37.4. The molecule has 0 aliphatic heterocycles. The second-order valence-corrected chi connectivity index (χ2v) is 23.4. The lowest BCUT2D eigenvalue weighted by Crippen LogP contribution is -2.36. The third kappa shape index (κ3) is 14.9. The zero-order chi connectivity index (χ0) is 55.8. The number of rotatable bonds is 28. The molecule has 11 nitrogen and oxygen atoms in total. The summed E-state index contributed by atoms with van der Waals surface area (Å²) in [4.78, 5) is 12.9. The Morgan fingerprint density at radius 2 is 0.910 bits per heavy atom. The molecule has 0 saturated heterocycles. The molecule has 4 atom stereocenters. The van der Waals surface area contributed by atoms with E-state index in [0.717, 1.165) is 81.7 Å². The Kier molecular flexibility index (Phi) is 19.9. The quantitative estimate of drug-likeness (QED) is 0.0439. The van der Waals surface area contributed by atoms with Crippen molar-refractivity contribution < 1.29 is 41.3 Å². The van der Waals surface area contributed by atoms with Crippen LogP contribution in [0.15, 0.2) is 109 Å². The maximum atomic E-state index is 15.4. The SMILES string of the molecule is COc1cc(-c2ccc(COc3cccc(C(C4CC4)C(C)O[PH](=O)OC(C)C(c4cccc(OCc5ccc(-c6cc(OC)ncc6F)c(CN(C(C)C)C(C)C)c5)c4)C4CC4)c3)cc2CN(C(C)C)C(C)C)c(F)cn1. The molecule has 2 saturated carbocycles. The first-order valence-corrected chi connectivity index (χ1v) is 29.1. The number of pyridine rings is 2. The van der Waals surface area contributed by atoms with Crippen LogP contribution in [0.5, 0.6) is 23.3 Å². The summed E-state index contributed by atoms with van der Waals surface area (Å²) < 4.78 is 81.1. The van der Waals surface area contributed by atoms with E-state index in [9.17, 15) is 4.57 Å². The molecule has 8 rings (SSSR count). The number of benzene rings is 4. The summed E-state index contributed by atoms with van der Waals surface area (Å²) in [5.74, 6) is 2.13. The van der Waals surface area contributed by atoms with Crippen molar-refractivity contribution in [1.29, 1.82) is 0 Å². The van der Waals surface area contributed by atoms with Crippen molar-refractivity contribution in [3.8, 4) is 45.5 Å². The number of methoxy groups -OCH3 is 2. The highest BCUT2D eigenvalue weighted by atomic mass is 31.1. The van der Waals surface area contributed by atoms with Gasteiger partial charge in [-0.3, -0.25) is 14.4 Å². The summed E-state index contributed by atoms with van der Waals surface area (Å²) in [6, 6.07) is 32.9. The first-order valence-electron chi connectivity index (χ1n) is 27.9. The smallest absolute Gasteiger partial charge is 0.319 e. The van der Waals surface area contributed by atoms with Crippen LogP contribution >= 0.6 is 8.25 Å². The molecule has 0 radical (unpaired) electrons. The van der Waals surface area contributed by atoms with Crippen LogP contribution in [-0.4, -0.2) is 70.4 Å². The Hall–Kier alpha value is -5.69. The van der Waals surface area contributed by atoms with Crippen LogP contribution in [0, 0.1) is 23.5 Å². The van der Waals surface area contributed by atoms with Crippen LogP contribution in [0.1, 0.15) is 140 Å². The molecule has 0 amide bonds. The van der Waals surface area contributed by atoms with E-state index >= 15 is 8.78 Å². The minimum Gasteiger partial charge on any atom is -0.489 e. The van der Waals surface area contributed by atoms with Crippen LogP contribution < -0.4 is 18.9 Å². The standard InChI is InChI=1S/C64H81F2N4O7P/c1-39(2)69(40(3)4)35-51-27-45(19-25-55(51)57-31-61(72-11)67-33-59(57)65)37-74-53-17-13-15-49(29-53)63(47-21-22-47)43(9)76-78(71)77-44(10)64(48-23-24-48)50-16-14-18-54(30-50)75-38-46-20-26-56(58-32-62(73-12)68-34-60(58)66)52(28-46)36-70(41(5)6)42(7)8/h13-20,25-34,39-44,47-48,63-64,78H,21-24,35-38H2,1-12H3. The molecule has 4 aromatic carbocycles. The molecular formula is C64H81F2N4O7P. The largest absolute Gasteiger partial charge is 0.489 e. The van der Waals surface area contributed by atoms with Gasteiger partial charge in [-0.05, 0) is 176 Å². The Balaban J connectivity index is 0.921. The molecule has 2 aliphatic carbocycles. The summed E-state index contributed by atoms with van der Waals surface area (Å²) in [5, 5.41) is 0. The van der Waals surface area contributed by atoms with E-state index in [4.69, 9.17) is 28.0 Å². The highest BCUT2D eigenvalue weighted by molar-refractivity contribution is 7.33. The van der Waals surface area contributed by atoms with E-state index in [0.29, 0.717) is 61.0 Å². The molecule has 2 heterocycles. The predicted octanol–water partition coefficient (Wildman–Crippen LogP) is 15.4. The molecule has 0 spiro atoms. The Bertz CT molecular complexity index is 2770. The molecule has 418 valence electrons. The van der Waals surface area contributed by atoms with Crippen LogP contribution in [0.2, 0.25) is 0 Å². The van der Waals surface area contributed by atoms with E-state index in [2.05, 4.69) is 112 Å². The Labute approximate surface area is 463 Å². The third-order valence-electron chi connectivity index (χ3n) is 15.5. The summed E-state index contributed by atoms with van der Waals surface area (Å²) in [7, 11) is 0.156. The fourth-order valence-corrected chi connectivity index (χ4v) is 12.2. The van der Waals surface area contributed by atoms with Crippen LogP contribution in [0.3, 0.4) is 0 Å². The van der Waals surface area contributed by atoms with Gasteiger partial charge >= 0.3 is 8.25 Å². The maximum absolute atomic E-state index is 15.4. The minimum atomic E-state index is -2.91. The summed E-state index contributed by atoms with van der Waals surface area (Å²) in [6.07, 6.45) is 5.95. The predicted molar refractivity (Wildman–Crippen MR) is 307 cm³/mol. The lowest BCUT2D eigenvalue weighted by atomic mass is 9.89. The summed E-state index contributed by atoms with van der Waals surface area (Å²) in [6.45, 7) is 23.3. The monoisotopic (exact) mass is 1090 g/mol. The number of hydrogen-bond donors (Lipinski definition) is 0. The van der Waals surface area contributed by atoms with Gasteiger partial charge in [-0.1, -0.05) is 60.7 Å². The van der Waals surface area contributed by atoms with Gasteiger partial charge in [-0.2, -0.15) is 0 Å². The number of ether oxygens (including phenoxy) is 4.